The molecule has 1 atom stereocenters. The van der Waals surface area contributed by atoms with Crippen molar-refractivity contribution in [1.29, 1.82) is 0 Å². The molecule has 114 valence electrons. The molecule has 0 spiro atoms. The number of tetrazole rings is 1. The molecule has 2 heterocycles. The molecule has 1 N–H and O–H groups in total. The van der Waals surface area contributed by atoms with Gasteiger partial charge < -0.3 is 5.11 Å². The van der Waals surface area contributed by atoms with Crippen molar-refractivity contribution < 1.29 is 9.90 Å². The lowest BCUT2D eigenvalue weighted by atomic mass is 9.91. The van der Waals surface area contributed by atoms with E-state index in [9.17, 15) is 4.79 Å². The fraction of sp³-hybridized carbons (Fsp3) is 0.667. The zero-order chi connectivity index (χ0) is 15.6. The highest BCUT2D eigenvalue weighted by Crippen LogP contribution is 2.32. The molecular formula is C12H18N6O2S. The van der Waals surface area contributed by atoms with E-state index in [1.165, 1.54) is 11.5 Å². The number of rotatable bonds is 5. The van der Waals surface area contributed by atoms with Crippen LogP contribution >= 0.6 is 11.5 Å². The summed E-state index contributed by atoms with van der Waals surface area (Å²) in [5.74, 6) is -0.671. The molecule has 0 aromatic carbocycles. The van der Waals surface area contributed by atoms with Gasteiger partial charge in [0, 0.05) is 12.0 Å². The van der Waals surface area contributed by atoms with Gasteiger partial charge in [-0.3, -0.25) is 4.79 Å². The van der Waals surface area contributed by atoms with Gasteiger partial charge in [0.1, 0.15) is 4.88 Å². The largest absolute Gasteiger partial charge is 0.481 e. The molecular weight excluding hydrogens is 292 g/mol. The maximum absolute atomic E-state index is 10.9. The topological polar surface area (TPSA) is 107 Å². The SMILES string of the molecule is CC(CCn1nnnc1-c1snnc1C(C)(C)C)C(=O)O. The monoisotopic (exact) mass is 310 g/mol. The molecule has 0 bridgehead atoms. The second kappa shape index (κ2) is 5.84. The average molecular weight is 310 g/mol. The van der Waals surface area contributed by atoms with Gasteiger partial charge in [-0.2, -0.15) is 0 Å². The van der Waals surface area contributed by atoms with Crippen LogP contribution in [0.3, 0.4) is 0 Å². The molecule has 0 saturated carbocycles. The molecule has 0 aliphatic carbocycles. The van der Waals surface area contributed by atoms with E-state index in [0.29, 0.717) is 18.8 Å². The van der Waals surface area contributed by atoms with Gasteiger partial charge in [0.2, 0.25) is 0 Å². The second-order valence-corrected chi connectivity index (χ2v) is 6.71. The van der Waals surface area contributed by atoms with Crippen LogP contribution in [0.15, 0.2) is 0 Å². The Morgan fingerprint density at radius 1 is 1.38 bits per heavy atom. The summed E-state index contributed by atoms with van der Waals surface area (Å²) in [4.78, 5) is 11.7. The standard InChI is InChI=1S/C12H18N6O2S/c1-7(11(19)20)5-6-18-10(14-15-16-18)8-9(12(2,3)4)13-17-21-8/h7H,5-6H2,1-4H3,(H,19,20). The van der Waals surface area contributed by atoms with Crippen LogP contribution in [-0.4, -0.2) is 40.9 Å². The maximum atomic E-state index is 10.9. The van der Waals surface area contributed by atoms with E-state index in [-0.39, 0.29) is 5.41 Å². The van der Waals surface area contributed by atoms with Gasteiger partial charge in [-0.25, -0.2) is 4.68 Å². The number of carbonyl (C=O) groups is 1. The van der Waals surface area contributed by atoms with Gasteiger partial charge in [0.25, 0.3) is 0 Å². The van der Waals surface area contributed by atoms with E-state index in [1.807, 2.05) is 20.8 Å². The molecule has 8 nitrogen and oxygen atoms in total. The molecule has 2 aromatic rings. The fourth-order valence-corrected chi connectivity index (χ4v) is 2.65. The minimum atomic E-state index is -0.820. The summed E-state index contributed by atoms with van der Waals surface area (Å²) in [7, 11) is 0. The van der Waals surface area contributed by atoms with Gasteiger partial charge >= 0.3 is 5.97 Å². The lowest BCUT2D eigenvalue weighted by Gasteiger charge is -2.16. The Balaban J connectivity index is 2.25. The molecule has 0 aliphatic heterocycles. The van der Waals surface area contributed by atoms with Crippen LogP contribution in [0, 0.1) is 5.92 Å². The quantitative estimate of drug-likeness (QED) is 0.893. The van der Waals surface area contributed by atoms with Gasteiger partial charge in [-0.1, -0.05) is 32.2 Å². The summed E-state index contributed by atoms with van der Waals surface area (Å²) in [6.45, 7) is 8.26. The molecule has 9 heteroatoms. The average Bonchev–Trinajstić information content (AvgIpc) is 3.02. The number of aromatic nitrogens is 6. The van der Waals surface area contributed by atoms with Crippen LogP contribution in [0.25, 0.3) is 10.7 Å². The number of aliphatic carboxylic acids is 1. The number of hydrogen-bond acceptors (Lipinski definition) is 7. The molecule has 1 unspecified atom stereocenters. The molecule has 0 aliphatic rings. The van der Waals surface area contributed by atoms with E-state index >= 15 is 0 Å². The Labute approximate surface area is 126 Å². The molecule has 0 fully saturated rings. The number of aryl methyl sites for hydroxylation is 1. The highest BCUT2D eigenvalue weighted by atomic mass is 32.1. The highest BCUT2D eigenvalue weighted by molar-refractivity contribution is 7.09. The van der Waals surface area contributed by atoms with E-state index in [1.54, 1.807) is 11.6 Å². The van der Waals surface area contributed by atoms with Crippen LogP contribution < -0.4 is 0 Å². The summed E-state index contributed by atoms with van der Waals surface area (Å²) in [6.07, 6.45) is 0.463. The van der Waals surface area contributed by atoms with E-state index < -0.39 is 11.9 Å². The van der Waals surface area contributed by atoms with Gasteiger partial charge in [0.05, 0.1) is 11.6 Å². The van der Waals surface area contributed by atoms with Gasteiger partial charge in [-0.15, -0.1) is 10.2 Å². The van der Waals surface area contributed by atoms with Crippen LogP contribution in [0.4, 0.5) is 0 Å². The third-order valence-electron chi connectivity index (χ3n) is 3.13. The molecule has 0 radical (unpaired) electrons. The fourth-order valence-electron chi connectivity index (χ4n) is 1.79. The smallest absolute Gasteiger partial charge is 0.306 e. The normalized spacial score (nSPS) is 13.3. The number of nitrogens with zero attached hydrogens (tertiary/aromatic N) is 6. The molecule has 2 aromatic heterocycles. The van der Waals surface area contributed by atoms with Crippen LogP contribution in [0.2, 0.25) is 0 Å². The molecule has 0 amide bonds. The van der Waals surface area contributed by atoms with Crippen LogP contribution in [0.5, 0.6) is 0 Å². The van der Waals surface area contributed by atoms with Crippen LogP contribution in [0.1, 0.15) is 39.8 Å². The first-order valence-electron chi connectivity index (χ1n) is 6.63. The van der Waals surface area contributed by atoms with E-state index in [0.717, 1.165) is 10.6 Å². The van der Waals surface area contributed by atoms with Crippen molar-refractivity contribution in [1.82, 2.24) is 29.8 Å². The Bertz CT molecular complexity index is 630. The summed E-state index contributed by atoms with van der Waals surface area (Å²) >= 11 is 1.25. The minimum Gasteiger partial charge on any atom is -0.481 e. The van der Waals surface area contributed by atoms with Crippen molar-refractivity contribution in [3.05, 3.63) is 5.69 Å². The highest BCUT2D eigenvalue weighted by Gasteiger charge is 2.26. The Kier molecular flexibility index (Phi) is 4.31. The number of carboxylic acids is 1. The summed E-state index contributed by atoms with van der Waals surface area (Å²) in [6, 6.07) is 0. The Hall–Kier alpha value is -1.90. The number of hydrogen-bond donors (Lipinski definition) is 1. The third-order valence-corrected chi connectivity index (χ3v) is 3.85. The van der Waals surface area contributed by atoms with Crippen molar-refractivity contribution in [2.24, 2.45) is 5.92 Å². The summed E-state index contributed by atoms with van der Waals surface area (Å²) in [5, 5.41) is 24.8. The van der Waals surface area contributed by atoms with Crippen molar-refractivity contribution in [3.63, 3.8) is 0 Å². The van der Waals surface area contributed by atoms with Crippen molar-refractivity contribution in [2.75, 3.05) is 0 Å². The number of carboxylic acid groups (broad SMARTS) is 1. The van der Waals surface area contributed by atoms with E-state index in [4.69, 9.17) is 5.11 Å². The zero-order valence-electron chi connectivity index (χ0n) is 12.4. The third kappa shape index (κ3) is 3.41. The van der Waals surface area contributed by atoms with Crippen molar-refractivity contribution >= 4 is 17.5 Å². The Morgan fingerprint density at radius 3 is 2.71 bits per heavy atom. The minimum absolute atomic E-state index is 0.159. The van der Waals surface area contributed by atoms with Crippen molar-refractivity contribution in [2.45, 2.75) is 46.1 Å². The van der Waals surface area contributed by atoms with E-state index in [2.05, 4.69) is 25.1 Å². The zero-order valence-corrected chi connectivity index (χ0v) is 13.3. The summed E-state index contributed by atoms with van der Waals surface area (Å²) in [5.41, 5.74) is 0.683. The summed E-state index contributed by atoms with van der Waals surface area (Å²) < 4.78 is 5.61. The maximum Gasteiger partial charge on any atom is 0.306 e. The first-order chi connectivity index (χ1) is 9.80. The second-order valence-electron chi connectivity index (χ2n) is 5.95. The van der Waals surface area contributed by atoms with Crippen LogP contribution in [-0.2, 0) is 16.8 Å². The van der Waals surface area contributed by atoms with Gasteiger partial charge in [-0.05, 0) is 28.4 Å². The predicted molar refractivity (Wildman–Crippen MR) is 76.8 cm³/mol. The Morgan fingerprint density at radius 2 is 2.10 bits per heavy atom. The van der Waals surface area contributed by atoms with Gasteiger partial charge in [0.15, 0.2) is 5.82 Å². The lowest BCUT2D eigenvalue weighted by Crippen LogP contribution is -2.16. The molecule has 2 rings (SSSR count). The first-order valence-corrected chi connectivity index (χ1v) is 7.40. The first kappa shape index (κ1) is 15.5. The molecule has 21 heavy (non-hydrogen) atoms. The van der Waals surface area contributed by atoms with Crippen molar-refractivity contribution in [3.8, 4) is 10.7 Å². The predicted octanol–water partition coefficient (Wildman–Crippen LogP) is 1.60. The lowest BCUT2D eigenvalue weighted by molar-refractivity contribution is -0.141. The molecule has 0 saturated heterocycles.